The van der Waals surface area contributed by atoms with Crippen molar-refractivity contribution >= 4 is 23.3 Å². The van der Waals surface area contributed by atoms with Crippen molar-refractivity contribution < 1.29 is 23.1 Å². The lowest BCUT2D eigenvalue weighted by atomic mass is 9.38. The van der Waals surface area contributed by atoms with Crippen LogP contribution in [0.1, 0.15) is 47.6 Å². The number of carbonyl (C=O) groups excluding carboxylic acids is 2. The molecule has 3 saturated carbocycles. The number of ether oxygens (including phenoxy) is 1. The number of aryl methyl sites for hydroxylation is 2. The van der Waals surface area contributed by atoms with Crippen molar-refractivity contribution in [2.45, 2.75) is 45.1 Å². The van der Waals surface area contributed by atoms with E-state index >= 15 is 0 Å². The minimum absolute atomic E-state index is 0.00582. The van der Waals surface area contributed by atoms with Crippen LogP contribution in [0.25, 0.3) is 0 Å². The summed E-state index contributed by atoms with van der Waals surface area (Å²) in [6.07, 6.45) is 2.86. The summed E-state index contributed by atoms with van der Waals surface area (Å²) in [5.74, 6) is 0.908. The molecule has 3 fully saturated rings. The Bertz CT molecular complexity index is 948. The second-order valence-electron chi connectivity index (χ2n) is 8.15. The quantitative estimate of drug-likeness (QED) is 0.694. The molecule has 0 atom stereocenters. The van der Waals surface area contributed by atoms with Gasteiger partial charge < -0.3 is 14.5 Å². The smallest absolute Gasteiger partial charge is 0.258 e. The first-order valence-electron chi connectivity index (χ1n) is 9.18. The second kappa shape index (κ2) is 6.62. The molecule has 0 unspecified atom stereocenters. The Morgan fingerprint density at radius 3 is 2.57 bits per heavy atom. The zero-order chi connectivity index (χ0) is 20.1. The highest BCUT2D eigenvalue weighted by Crippen LogP contribution is 2.69. The van der Waals surface area contributed by atoms with E-state index in [0.717, 1.165) is 31.1 Å². The molecule has 0 saturated heterocycles. The summed E-state index contributed by atoms with van der Waals surface area (Å²) in [5, 5.41) is 3.00. The summed E-state index contributed by atoms with van der Waals surface area (Å²) in [6.45, 7) is 3.44. The molecule has 5 rings (SSSR count). The molecule has 28 heavy (non-hydrogen) atoms. The Morgan fingerprint density at radius 2 is 1.96 bits per heavy atom. The third kappa shape index (κ3) is 3.41. The van der Waals surface area contributed by atoms with Gasteiger partial charge in [0.1, 0.15) is 23.1 Å². The SMILES string of the molecule is Cc1cc(C(=O)CC23CC(NC(=O)COc4ccc(Cl)c(F)c4)(C2)C3)c(C)o1. The van der Waals surface area contributed by atoms with Crippen LogP contribution in [0.2, 0.25) is 5.02 Å². The first kappa shape index (κ1) is 19.0. The normalized spacial score (nSPS) is 24.9. The summed E-state index contributed by atoms with van der Waals surface area (Å²) < 4.78 is 24.2. The van der Waals surface area contributed by atoms with Crippen LogP contribution >= 0.6 is 11.6 Å². The van der Waals surface area contributed by atoms with E-state index in [2.05, 4.69) is 5.32 Å². The van der Waals surface area contributed by atoms with E-state index in [1.807, 2.05) is 6.92 Å². The summed E-state index contributed by atoms with van der Waals surface area (Å²) in [6, 6.07) is 5.84. The van der Waals surface area contributed by atoms with Crippen molar-refractivity contribution in [2.24, 2.45) is 5.41 Å². The maximum Gasteiger partial charge on any atom is 0.258 e. The van der Waals surface area contributed by atoms with Crippen molar-refractivity contribution in [2.75, 3.05) is 6.61 Å². The lowest BCUT2D eigenvalue weighted by Gasteiger charge is -2.70. The van der Waals surface area contributed by atoms with Gasteiger partial charge >= 0.3 is 0 Å². The first-order chi connectivity index (χ1) is 13.2. The largest absolute Gasteiger partial charge is 0.484 e. The topological polar surface area (TPSA) is 68.5 Å². The molecule has 3 aliphatic rings. The molecule has 0 radical (unpaired) electrons. The molecular formula is C21H21ClFNO4. The molecule has 5 nitrogen and oxygen atoms in total. The molecule has 3 aliphatic carbocycles. The Kier molecular flexibility index (Phi) is 4.49. The second-order valence-corrected chi connectivity index (χ2v) is 8.56. The standard InChI is InChI=1S/C21H21ClFNO4/c1-12-5-15(13(2)28-12)18(25)7-20-9-21(10-20,11-20)24-19(26)8-27-14-3-4-16(22)17(23)6-14/h3-6H,7-11H2,1-2H3,(H,24,26). The molecule has 148 valence electrons. The van der Waals surface area contributed by atoms with E-state index in [-0.39, 0.29) is 40.0 Å². The van der Waals surface area contributed by atoms with Gasteiger partial charge in [0.25, 0.3) is 5.91 Å². The zero-order valence-electron chi connectivity index (χ0n) is 15.7. The van der Waals surface area contributed by atoms with Gasteiger partial charge in [-0.05, 0) is 56.7 Å². The van der Waals surface area contributed by atoms with Crippen molar-refractivity contribution in [1.29, 1.82) is 0 Å². The molecule has 1 amide bonds. The van der Waals surface area contributed by atoms with Gasteiger partial charge in [-0.15, -0.1) is 0 Å². The molecule has 1 N–H and O–H groups in total. The molecule has 0 spiro atoms. The Labute approximate surface area is 167 Å². The van der Waals surface area contributed by atoms with Gasteiger partial charge in [-0.1, -0.05) is 11.6 Å². The third-order valence-electron chi connectivity index (χ3n) is 5.68. The van der Waals surface area contributed by atoms with Crippen molar-refractivity contribution in [1.82, 2.24) is 5.32 Å². The number of hydrogen-bond acceptors (Lipinski definition) is 4. The van der Waals surface area contributed by atoms with Crippen LogP contribution in [0.4, 0.5) is 4.39 Å². The van der Waals surface area contributed by atoms with Crippen LogP contribution in [-0.4, -0.2) is 23.8 Å². The fraction of sp³-hybridized carbons (Fsp3) is 0.429. The highest BCUT2D eigenvalue weighted by atomic mass is 35.5. The minimum Gasteiger partial charge on any atom is -0.484 e. The highest BCUT2D eigenvalue weighted by Gasteiger charge is 2.68. The van der Waals surface area contributed by atoms with Gasteiger partial charge in [0.15, 0.2) is 12.4 Å². The predicted molar refractivity (Wildman–Crippen MR) is 101 cm³/mol. The average Bonchev–Trinajstić information content (AvgIpc) is 2.91. The minimum atomic E-state index is -0.589. The fourth-order valence-electron chi connectivity index (χ4n) is 4.71. The van der Waals surface area contributed by atoms with Crippen LogP contribution in [-0.2, 0) is 4.79 Å². The number of rotatable bonds is 7. The summed E-state index contributed by atoms with van der Waals surface area (Å²) in [7, 11) is 0. The van der Waals surface area contributed by atoms with Gasteiger partial charge in [-0.2, -0.15) is 0 Å². The van der Waals surface area contributed by atoms with Crippen molar-refractivity contribution in [3.8, 4) is 5.75 Å². The van der Waals surface area contributed by atoms with Crippen molar-refractivity contribution in [3.05, 3.63) is 52.2 Å². The molecule has 0 aliphatic heterocycles. The summed E-state index contributed by atoms with van der Waals surface area (Å²) in [4.78, 5) is 24.7. The van der Waals surface area contributed by atoms with Gasteiger partial charge in [0, 0.05) is 18.0 Å². The number of benzene rings is 1. The summed E-state index contributed by atoms with van der Waals surface area (Å²) in [5.41, 5.74) is 0.416. The first-order valence-corrected chi connectivity index (χ1v) is 9.56. The molecular weight excluding hydrogens is 385 g/mol. The number of hydrogen-bond donors (Lipinski definition) is 1. The molecule has 1 aromatic carbocycles. The maximum absolute atomic E-state index is 13.4. The zero-order valence-corrected chi connectivity index (χ0v) is 16.5. The van der Waals surface area contributed by atoms with E-state index in [1.54, 1.807) is 13.0 Å². The van der Waals surface area contributed by atoms with E-state index in [0.29, 0.717) is 17.7 Å². The van der Waals surface area contributed by atoms with Crippen LogP contribution in [0.5, 0.6) is 5.75 Å². The monoisotopic (exact) mass is 405 g/mol. The predicted octanol–water partition coefficient (Wildman–Crippen LogP) is 4.38. The average molecular weight is 406 g/mol. The number of Topliss-reactive ketones (excluding diaryl/α,β-unsaturated/α-hetero) is 1. The lowest BCUT2D eigenvalue weighted by Crippen LogP contribution is -2.75. The number of carbonyl (C=O) groups is 2. The lowest BCUT2D eigenvalue weighted by molar-refractivity contribution is -0.164. The number of amides is 1. The highest BCUT2D eigenvalue weighted by molar-refractivity contribution is 6.30. The third-order valence-corrected chi connectivity index (χ3v) is 5.99. The summed E-state index contributed by atoms with van der Waals surface area (Å²) >= 11 is 5.62. The Balaban J connectivity index is 1.25. The molecule has 2 aromatic rings. The number of halogens is 2. The molecule has 7 heteroatoms. The number of furan rings is 1. The Hall–Kier alpha value is -2.34. The van der Waals surface area contributed by atoms with Crippen molar-refractivity contribution in [3.63, 3.8) is 0 Å². The number of nitrogens with one attached hydrogen (secondary N) is 1. The van der Waals surface area contributed by atoms with Gasteiger partial charge in [-0.3, -0.25) is 9.59 Å². The number of ketones is 1. The maximum atomic E-state index is 13.4. The molecule has 1 heterocycles. The molecule has 1 aromatic heterocycles. The van der Waals surface area contributed by atoms with Crippen LogP contribution in [0.3, 0.4) is 0 Å². The van der Waals surface area contributed by atoms with Crippen LogP contribution < -0.4 is 10.1 Å². The van der Waals surface area contributed by atoms with E-state index < -0.39 is 5.82 Å². The van der Waals surface area contributed by atoms with Gasteiger partial charge in [0.05, 0.1) is 10.6 Å². The Morgan fingerprint density at radius 1 is 1.25 bits per heavy atom. The van der Waals surface area contributed by atoms with Gasteiger partial charge in [0.2, 0.25) is 0 Å². The molecule has 2 bridgehead atoms. The van der Waals surface area contributed by atoms with Crippen LogP contribution in [0.15, 0.2) is 28.7 Å². The fourth-order valence-corrected chi connectivity index (χ4v) is 4.83. The van der Waals surface area contributed by atoms with E-state index in [4.69, 9.17) is 20.8 Å². The van der Waals surface area contributed by atoms with Crippen LogP contribution in [0, 0.1) is 25.1 Å². The van der Waals surface area contributed by atoms with E-state index in [1.165, 1.54) is 12.1 Å². The van der Waals surface area contributed by atoms with Gasteiger partial charge in [-0.25, -0.2) is 4.39 Å². The van der Waals surface area contributed by atoms with E-state index in [9.17, 15) is 14.0 Å².